The van der Waals surface area contributed by atoms with E-state index in [0.717, 1.165) is 72.3 Å². The van der Waals surface area contributed by atoms with Crippen molar-refractivity contribution >= 4 is 66.7 Å². The normalized spacial score (nSPS) is 14.5. The fraction of sp³-hybridized carbons (Fsp3) is 0.441. The van der Waals surface area contributed by atoms with Crippen molar-refractivity contribution in [3.63, 3.8) is 0 Å². The van der Waals surface area contributed by atoms with Gasteiger partial charge in [0.2, 0.25) is 11.6 Å². The van der Waals surface area contributed by atoms with Crippen LogP contribution in [0.15, 0.2) is 36.6 Å². The van der Waals surface area contributed by atoms with Crippen molar-refractivity contribution in [2.75, 3.05) is 37.8 Å². The smallest absolute Gasteiger partial charge is 0.334 e. The summed E-state index contributed by atoms with van der Waals surface area (Å²) >= 11 is 7.89. The third-order valence-electron chi connectivity index (χ3n) is 6.68. The number of ether oxygens (including phenoxy) is 2. The zero-order valence-corrected chi connectivity index (χ0v) is 31.1. The molecular formula is C34H41F4N3O10S2. The number of imide groups is 2. The Hall–Kier alpha value is -4.49. The molecule has 1 saturated heterocycles. The molecule has 1 fully saturated rings. The minimum atomic E-state index is -1.98. The van der Waals surface area contributed by atoms with Gasteiger partial charge in [-0.1, -0.05) is 20.4 Å². The highest BCUT2D eigenvalue weighted by Crippen LogP contribution is 2.30. The van der Waals surface area contributed by atoms with Gasteiger partial charge in [-0.05, 0) is 31.9 Å². The van der Waals surface area contributed by atoms with E-state index in [4.69, 9.17) is 9.57 Å². The molecular weight excluding hydrogens is 751 g/mol. The monoisotopic (exact) mass is 791 g/mol. The molecule has 3 aliphatic rings. The molecule has 292 valence electrons. The number of nitrogens with zero attached hydrogens (tertiary/aromatic N) is 3. The molecule has 0 bridgehead atoms. The Labute approximate surface area is 314 Å². The molecule has 19 heteroatoms. The van der Waals surface area contributed by atoms with Gasteiger partial charge in [-0.2, -0.15) is 29.6 Å². The quantitative estimate of drug-likeness (QED) is 0.0431. The van der Waals surface area contributed by atoms with Crippen LogP contribution in [-0.4, -0.2) is 94.1 Å². The highest BCUT2D eigenvalue weighted by atomic mass is 32.1. The number of hydrogen-bond acceptors (Lipinski definition) is 12. The molecule has 1 aromatic rings. The summed E-state index contributed by atoms with van der Waals surface area (Å²) in [6.45, 7) is 9.86. The number of carbonyl (C=O) groups excluding carboxylic acids is 7. The van der Waals surface area contributed by atoms with E-state index < -0.39 is 76.6 Å². The van der Waals surface area contributed by atoms with E-state index in [1.165, 1.54) is 6.42 Å². The topological polar surface area (TPSA) is 157 Å². The summed E-state index contributed by atoms with van der Waals surface area (Å²) in [7, 11) is 0. The molecule has 0 aliphatic carbocycles. The second-order valence-electron chi connectivity index (χ2n) is 10.8. The molecule has 0 spiro atoms. The zero-order valence-electron chi connectivity index (χ0n) is 29.3. The summed E-state index contributed by atoms with van der Waals surface area (Å²) in [6.07, 6.45) is 6.53. The van der Waals surface area contributed by atoms with E-state index in [1.54, 1.807) is 0 Å². The lowest BCUT2D eigenvalue weighted by Gasteiger charge is -2.17. The number of carbonyl (C=O) groups is 7. The van der Waals surface area contributed by atoms with Gasteiger partial charge in [0.25, 0.3) is 29.5 Å². The van der Waals surface area contributed by atoms with Gasteiger partial charge in [0.1, 0.15) is 0 Å². The first kappa shape index (κ1) is 46.5. The van der Waals surface area contributed by atoms with Crippen LogP contribution in [0.3, 0.4) is 0 Å². The number of allylic oxidation sites excluding steroid dienone is 1. The van der Waals surface area contributed by atoms with Crippen molar-refractivity contribution in [2.45, 2.75) is 59.3 Å². The Morgan fingerprint density at radius 2 is 1.21 bits per heavy atom. The standard InChI is InChI=1S/C14H9F4NO4.C12H12N2O5.C5H12OS.C3H8S/c1-6-10(15)12(17)13(18)14(11(6)16)23-9(22)4-5-19-7(20)2-3-8(19)21;1-8-2-3-11(17)14(8)19-12(18)6-7-13-9(15)4-5-10(13)16;1-2-3-6-4-5-7;1-2-3-4/h2-3H,4-5H2,1H3;4-5H,1-3,6-7H2;7H,2-5H2,1H3;4H,2-3H2,1H3. The van der Waals surface area contributed by atoms with Crippen molar-refractivity contribution in [3.8, 4) is 5.75 Å². The summed E-state index contributed by atoms with van der Waals surface area (Å²) in [5.74, 6) is -11.2. The summed E-state index contributed by atoms with van der Waals surface area (Å²) in [5, 5.41) is 0.869. The Bertz CT molecular complexity index is 1520. The van der Waals surface area contributed by atoms with Crippen LogP contribution >= 0.6 is 25.3 Å². The van der Waals surface area contributed by atoms with Crippen LogP contribution in [0.4, 0.5) is 17.6 Å². The van der Waals surface area contributed by atoms with Gasteiger partial charge in [0.15, 0.2) is 17.5 Å². The van der Waals surface area contributed by atoms with E-state index in [-0.39, 0.29) is 31.8 Å². The number of hydrogen-bond donors (Lipinski definition) is 2. The predicted octanol–water partition coefficient (Wildman–Crippen LogP) is 4.34. The van der Waals surface area contributed by atoms with Gasteiger partial charge in [0.05, 0.1) is 25.1 Å². The predicted molar refractivity (Wildman–Crippen MR) is 188 cm³/mol. The first-order valence-corrected chi connectivity index (χ1v) is 17.4. The fourth-order valence-electron chi connectivity index (χ4n) is 3.89. The Balaban J connectivity index is 0.000000419. The molecule has 53 heavy (non-hydrogen) atoms. The molecule has 4 rings (SSSR count). The molecule has 5 amide bonds. The van der Waals surface area contributed by atoms with E-state index in [2.05, 4.69) is 50.4 Å². The van der Waals surface area contributed by atoms with Crippen LogP contribution in [0.25, 0.3) is 0 Å². The minimum absolute atomic E-state index is 0.0714. The van der Waals surface area contributed by atoms with Crippen molar-refractivity contribution in [1.29, 1.82) is 0 Å². The average molecular weight is 792 g/mol. The molecule has 0 radical (unpaired) electrons. The molecule has 0 aromatic heterocycles. The summed E-state index contributed by atoms with van der Waals surface area (Å²) in [4.78, 5) is 85.9. The summed E-state index contributed by atoms with van der Waals surface area (Å²) < 4.78 is 62.9. The molecule has 1 aromatic carbocycles. The Morgan fingerprint density at radius 3 is 1.62 bits per heavy atom. The Kier molecular flexibility index (Phi) is 21.0. The highest BCUT2D eigenvalue weighted by molar-refractivity contribution is 7.80. The van der Waals surface area contributed by atoms with E-state index in [9.17, 15) is 51.1 Å². The lowest BCUT2D eigenvalue weighted by molar-refractivity contribution is -0.187. The zero-order chi connectivity index (χ0) is 40.2. The first-order chi connectivity index (χ1) is 25.0. The van der Waals surface area contributed by atoms with Crippen LogP contribution in [0, 0.1) is 30.2 Å². The SMILES string of the molecule is C=C1CCC(=O)N1OC(=O)CCN1C(=O)C=CC1=O.CCCOCCS.CCCS.Cc1c(F)c(F)c(F)c(OC(=O)CCN2C(=O)C=CC2=O)c1F. The van der Waals surface area contributed by atoms with Gasteiger partial charge in [-0.3, -0.25) is 38.6 Å². The lowest BCUT2D eigenvalue weighted by Crippen LogP contribution is -2.34. The molecule has 0 atom stereocenters. The summed E-state index contributed by atoms with van der Waals surface area (Å²) in [6, 6.07) is 0. The maximum Gasteiger partial charge on any atom is 0.334 e. The van der Waals surface area contributed by atoms with Gasteiger partial charge < -0.3 is 14.3 Å². The van der Waals surface area contributed by atoms with Crippen LogP contribution in [0.5, 0.6) is 5.75 Å². The molecule has 3 heterocycles. The second-order valence-corrected chi connectivity index (χ2v) is 11.7. The van der Waals surface area contributed by atoms with Gasteiger partial charge in [-0.15, -0.1) is 5.06 Å². The molecule has 0 saturated carbocycles. The molecule has 13 nitrogen and oxygen atoms in total. The number of esters is 1. The van der Waals surface area contributed by atoms with Crippen molar-refractivity contribution in [1.82, 2.24) is 14.9 Å². The third-order valence-corrected chi connectivity index (χ3v) is 7.31. The number of halogens is 4. The number of amides is 5. The van der Waals surface area contributed by atoms with Crippen molar-refractivity contribution < 1.29 is 65.4 Å². The lowest BCUT2D eigenvalue weighted by atomic mass is 10.2. The second kappa shape index (κ2) is 23.9. The highest BCUT2D eigenvalue weighted by Gasteiger charge is 2.30. The van der Waals surface area contributed by atoms with E-state index in [1.807, 2.05) is 0 Å². The van der Waals surface area contributed by atoms with Crippen molar-refractivity contribution in [3.05, 3.63) is 65.4 Å². The van der Waals surface area contributed by atoms with Gasteiger partial charge in [0, 0.05) is 61.7 Å². The van der Waals surface area contributed by atoms with Gasteiger partial charge >= 0.3 is 11.9 Å². The van der Waals surface area contributed by atoms with Gasteiger partial charge in [-0.25, -0.2) is 18.0 Å². The fourth-order valence-corrected chi connectivity index (χ4v) is 4.02. The van der Waals surface area contributed by atoms with Crippen LogP contribution in [-0.2, 0) is 43.1 Å². The maximum atomic E-state index is 13.7. The van der Waals surface area contributed by atoms with E-state index in [0.29, 0.717) is 17.0 Å². The molecule has 3 aliphatic heterocycles. The summed E-state index contributed by atoms with van der Waals surface area (Å²) in [5.41, 5.74) is -0.422. The number of rotatable bonds is 13. The Morgan fingerprint density at radius 1 is 0.717 bits per heavy atom. The average Bonchev–Trinajstić information content (AvgIpc) is 3.76. The number of benzene rings is 1. The maximum absolute atomic E-state index is 13.7. The number of thiol groups is 2. The number of hydroxylamine groups is 2. The van der Waals surface area contributed by atoms with E-state index >= 15 is 0 Å². The van der Waals surface area contributed by atoms with Crippen LogP contribution in [0.1, 0.15) is 57.9 Å². The first-order valence-electron chi connectivity index (χ1n) is 16.2. The van der Waals surface area contributed by atoms with Crippen molar-refractivity contribution in [2.24, 2.45) is 0 Å². The van der Waals surface area contributed by atoms with Crippen LogP contribution in [0.2, 0.25) is 0 Å². The molecule has 0 unspecified atom stereocenters. The largest absolute Gasteiger partial charge is 0.420 e. The third kappa shape index (κ3) is 14.8. The minimum Gasteiger partial charge on any atom is -0.420 e. The molecule has 0 N–H and O–H groups in total. The van der Waals surface area contributed by atoms with Crippen LogP contribution < -0.4 is 4.74 Å².